The van der Waals surface area contributed by atoms with Gasteiger partial charge in [-0.05, 0) is 37.0 Å². The normalized spacial score (nSPS) is 22.0. The molecule has 0 aromatic carbocycles. The fourth-order valence-corrected chi connectivity index (χ4v) is 2.42. The van der Waals surface area contributed by atoms with Crippen LogP contribution in [0.15, 0.2) is 6.07 Å². The maximum absolute atomic E-state index is 11.6. The fraction of sp³-hybridized carbons (Fsp3) is 0.556. The number of hydrogen-bond acceptors (Lipinski definition) is 4. The zero-order chi connectivity index (χ0) is 10.1. The van der Waals surface area contributed by atoms with Crippen molar-refractivity contribution in [2.45, 2.75) is 13.3 Å². The van der Waals surface area contributed by atoms with Crippen molar-refractivity contribution < 1.29 is 4.79 Å². The average molecular weight is 211 g/mol. The Morgan fingerprint density at radius 3 is 3.07 bits per heavy atom. The van der Waals surface area contributed by atoms with Crippen LogP contribution in [0.1, 0.15) is 12.1 Å². The van der Waals surface area contributed by atoms with E-state index in [4.69, 9.17) is 5.73 Å². The van der Waals surface area contributed by atoms with E-state index in [1.807, 2.05) is 13.0 Å². The van der Waals surface area contributed by atoms with Crippen molar-refractivity contribution in [3.63, 3.8) is 0 Å². The summed E-state index contributed by atoms with van der Waals surface area (Å²) in [5, 5.41) is 0.948. The molecule has 1 aromatic rings. The number of aryl methyl sites for hydroxylation is 1. The molecule has 0 radical (unpaired) electrons. The molecule has 14 heavy (non-hydrogen) atoms. The number of nitrogens with zero attached hydrogens (tertiary/aromatic N) is 2. The van der Waals surface area contributed by atoms with Gasteiger partial charge >= 0.3 is 0 Å². The van der Waals surface area contributed by atoms with Gasteiger partial charge in [-0.1, -0.05) is 0 Å². The molecule has 1 amide bonds. The van der Waals surface area contributed by atoms with E-state index in [0.29, 0.717) is 18.9 Å². The van der Waals surface area contributed by atoms with Crippen molar-refractivity contribution in [3.05, 3.63) is 11.8 Å². The minimum atomic E-state index is 0.170. The Balaban J connectivity index is 2.16. The van der Waals surface area contributed by atoms with E-state index in [-0.39, 0.29) is 5.91 Å². The highest BCUT2D eigenvalue weighted by molar-refractivity contribution is 7.10. The summed E-state index contributed by atoms with van der Waals surface area (Å²) >= 11 is 1.38. The van der Waals surface area contributed by atoms with Crippen LogP contribution >= 0.6 is 11.5 Å². The number of aromatic nitrogens is 1. The van der Waals surface area contributed by atoms with E-state index >= 15 is 0 Å². The molecule has 1 aliphatic heterocycles. The average Bonchev–Trinajstić information content (AvgIpc) is 2.71. The predicted octanol–water partition coefficient (Wildman–Crippen LogP) is 0.763. The summed E-state index contributed by atoms with van der Waals surface area (Å²) in [4.78, 5) is 13.4. The van der Waals surface area contributed by atoms with Gasteiger partial charge in [0.05, 0.1) is 5.69 Å². The molecule has 4 nitrogen and oxygen atoms in total. The number of anilines is 1. The highest BCUT2D eigenvalue weighted by atomic mass is 32.1. The zero-order valence-electron chi connectivity index (χ0n) is 8.06. The Morgan fingerprint density at radius 1 is 1.79 bits per heavy atom. The van der Waals surface area contributed by atoms with Gasteiger partial charge in [-0.15, -0.1) is 0 Å². The standard InChI is InChI=1S/C9H13N3OS/c1-6-2-9(14-11-6)12-5-7(4-10)3-8(12)13/h2,7H,3-5,10H2,1H3. The lowest BCUT2D eigenvalue weighted by Crippen LogP contribution is -2.24. The smallest absolute Gasteiger partial charge is 0.228 e. The second kappa shape index (κ2) is 3.67. The lowest BCUT2D eigenvalue weighted by Gasteiger charge is -2.12. The molecule has 5 heteroatoms. The monoisotopic (exact) mass is 211 g/mol. The van der Waals surface area contributed by atoms with Crippen molar-refractivity contribution in [1.29, 1.82) is 0 Å². The molecule has 1 saturated heterocycles. The number of hydrogen-bond donors (Lipinski definition) is 1. The molecular formula is C9H13N3OS. The number of rotatable bonds is 2. The molecular weight excluding hydrogens is 198 g/mol. The third-order valence-electron chi connectivity index (χ3n) is 2.42. The molecule has 0 bridgehead atoms. The van der Waals surface area contributed by atoms with Crippen LogP contribution in [0.3, 0.4) is 0 Å². The third-order valence-corrected chi connectivity index (χ3v) is 3.32. The summed E-state index contributed by atoms with van der Waals surface area (Å²) in [6, 6.07) is 1.95. The van der Waals surface area contributed by atoms with Crippen LogP contribution in [0, 0.1) is 12.8 Å². The quantitative estimate of drug-likeness (QED) is 0.785. The van der Waals surface area contributed by atoms with Gasteiger partial charge in [0.25, 0.3) is 0 Å². The van der Waals surface area contributed by atoms with Gasteiger partial charge in [0.1, 0.15) is 5.00 Å². The van der Waals surface area contributed by atoms with E-state index in [0.717, 1.165) is 17.2 Å². The molecule has 2 N–H and O–H groups in total. The SMILES string of the molecule is Cc1cc(N2CC(CN)CC2=O)sn1. The lowest BCUT2D eigenvalue weighted by atomic mass is 10.1. The Bertz CT molecular complexity index is 350. The molecule has 2 rings (SSSR count). The summed E-state index contributed by atoms with van der Waals surface area (Å²) in [5.41, 5.74) is 6.52. The van der Waals surface area contributed by atoms with Gasteiger partial charge in [0, 0.05) is 13.0 Å². The van der Waals surface area contributed by atoms with Gasteiger partial charge in [-0.2, -0.15) is 4.37 Å². The molecule has 0 spiro atoms. The van der Waals surface area contributed by atoms with Gasteiger partial charge in [0.15, 0.2) is 0 Å². The summed E-state index contributed by atoms with van der Waals surface area (Å²) in [5.74, 6) is 0.481. The first-order valence-electron chi connectivity index (χ1n) is 4.64. The van der Waals surface area contributed by atoms with Gasteiger partial charge in [-0.3, -0.25) is 4.79 Å². The Labute approximate surface area is 86.9 Å². The third kappa shape index (κ3) is 1.65. The molecule has 0 saturated carbocycles. The lowest BCUT2D eigenvalue weighted by molar-refractivity contribution is -0.117. The fourth-order valence-electron chi connectivity index (χ4n) is 1.63. The second-order valence-corrected chi connectivity index (χ2v) is 4.40. The van der Waals surface area contributed by atoms with E-state index in [1.165, 1.54) is 11.5 Å². The molecule has 1 fully saturated rings. The molecule has 2 heterocycles. The number of carbonyl (C=O) groups is 1. The van der Waals surface area contributed by atoms with Crippen molar-refractivity contribution in [3.8, 4) is 0 Å². The first-order chi connectivity index (χ1) is 6.70. The maximum Gasteiger partial charge on any atom is 0.228 e. The van der Waals surface area contributed by atoms with Crippen molar-refractivity contribution in [2.24, 2.45) is 11.7 Å². The van der Waals surface area contributed by atoms with E-state index in [9.17, 15) is 4.79 Å². The first-order valence-corrected chi connectivity index (χ1v) is 5.42. The first kappa shape index (κ1) is 9.61. The predicted molar refractivity (Wildman–Crippen MR) is 56.4 cm³/mol. The van der Waals surface area contributed by atoms with Crippen LogP contribution in [-0.2, 0) is 4.79 Å². The van der Waals surface area contributed by atoms with E-state index in [2.05, 4.69) is 4.37 Å². The van der Waals surface area contributed by atoms with Crippen molar-refractivity contribution in [2.75, 3.05) is 18.0 Å². The number of amides is 1. The van der Waals surface area contributed by atoms with Crippen LogP contribution < -0.4 is 10.6 Å². The summed E-state index contributed by atoms with van der Waals surface area (Å²) < 4.78 is 4.16. The van der Waals surface area contributed by atoms with Gasteiger partial charge in [0.2, 0.25) is 5.91 Å². The highest BCUT2D eigenvalue weighted by Crippen LogP contribution is 2.28. The van der Waals surface area contributed by atoms with E-state index in [1.54, 1.807) is 4.90 Å². The van der Waals surface area contributed by atoms with Crippen LogP contribution in [0.2, 0.25) is 0 Å². The van der Waals surface area contributed by atoms with Crippen LogP contribution in [0.4, 0.5) is 5.00 Å². The summed E-state index contributed by atoms with van der Waals surface area (Å²) in [6.45, 7) is 3.26. The number of carbonyl (C=O) groups excluding carboxylic acids is 1. The Morgan fingerprint density at radius 2 is 2.57 bits per heavy atom. The topological polar surface area (TPSA) is 59.2 Å². The largest absolute Gasteiger partial charge is 0.330 e. The number of nitrogens with two attached hydrogens (primary N) is 1. The molecule has 1 aliphatic rings. The summed E-state index contributed by atoms with van der Waals surface area (Å²) in [6.07, 6.45) is 0.577. The molecule has 1 aromatic heterocycles. The minimum Gasteiger partial charge on any atom is -0.330 e. The van der Waals surface area contributed by atoms with Gasteiger partial charge in [-0.25, -0.2) is 0 Å². The van der Waals surface area contributed by atoms with Crippen molar-refractivity contribution in [1.82, 2.24) is 4.37 Å². The zero-order valence-corrected chi connectivity index (χ0v) is 8.88. The Kier molecular flexibility index (Phi) is 2.52. The molecule has 1 atom stereocenters. The Hall–Kier alpha value is -0.940. The maximum atomic E-state index is 11.6. The summed E-state index contributed by atoms with van der Waals surface area (Å²) in [7, 11) is 0. The van der Waals surface area contributed by atoms with Crippen LogP contribution in [-0.4, -0.2) is 23.4 Å². The van der Waals surface area contributed by atoms with E-state index < -0.39 is 0 Å². The second-order valence-electron chi connectivity index (χ2n) is 3.62. The molecule has 1 unspecified atom stereocenters. The van der Waals surface area contributed by atoms with Gasteiger partial charge < -0.3 is 10.6 Å². The molecule has 0 aliphatic carbocycles. The van der Waals surface area contributed by atoms with Crippen LogP contribution in [0.5, 0.6) is 0 Å². The minimum absolute atomic E-state index is 0.170. The molecule has 76 valence electrons. The van der Waals surface area contributed by atoms with Crippen molar-refractivity contribution >= 4 is 22.4 Å². The van der Waals surface area contributed by atoms with Crippen LogP contribution in [0.25, 0.3) is 0 Å². The highest BCUT2D eigenvalue weighted by Gasteiger charge is 2.30.